The van der Waals surface area contributed by atoms with E-state index in [4.69, 9.17) is 29.0 Å². The number of esters is 2. The topological polar surface area (TPSA) is 286 Å². The SMILES string of the molecule is CCCCC/C=C\C/C=C\CCCCCCCCCC(=O)OC[C@H](COP(=O)(O)OP(=O)(O)OC[C@H]1O[C@@H](n2ccc(N)nc2=O)[C@H](O)[C@@H]1O)OC(=O)CCC/C=C\C/C=C\C/C=C\C/C=C\CC[C@H](O)CC. The number of unbranched alkanes of at least 4 members (excludes halogenated alkanes) is 11. The summed E-state index contributed by atoms with van der Waals surface area (Å²) in [4.78, 5) is 61.9. The molecule has 1 aliphatic heterocycles. The number of carbonyl (C=O) groups excluding carboxylic acids is 2. The second-order valence-corrected chi connectivity index (χ2v) is 20.8. The van der Waals surface area contributed by atoms with Gasteiger partial charge in [-0.25, -0.2) is 13.9 Å². The number of ether oxygens (including phenoxy) is 3. The summed E-state index contributed by atoms with van der Waals surface area (Å²) < 4.78 is 56.7. The Hall–Kier alpha value is -3.84. The van der Waals surface area contributed by atoms with E-state index >= 15 is 0 Å². The van der Waals surface area contributed by atoms with Crippen LogP contribution in [0.1, 0.15) is 168 Å². The molecule has 0 radical (unpaired) electrons. The first-order valence-electron chi connectivity index (χ1n) is 26.0. The summed E-state index contributed by atoms with van der Waals surface area (Å²) in [6.45, 7) is 1.79. The molecule has 73 heavy (non-hydrogen) atoms. The number of hydrogen-bond donors (Lipinski definition) is 6. The van der Waals surface area contributed by atoms with E-state index in [1.54, 1.807) is 0 Å². The van der Waals surface area contributed by atoms with Crippen molar-refractivity contribution in [2.45, 2.75) is 198 Å². The Morgan fingerprint density at radius 2 is 1.23 bits per heavy atom. The molecule has 21 heteroatoms. The van der Waals surface area contributed by atoms with Gasteiger partial charge in [0.05, 0.1) is 19.3 Å². The van der Waals surface area contributed by atoms with Gasteiger partial charge in [-0.1, -0.05) is 132 Å². The highest BCUT2D eigenvalue weighted by atomic mass is 31.3. The quantitative estimate of drug-likeness (QED) is 0.0154. The van der Waals surface area contributed by atoms with Crippen molar-refractivity contribution in [2.24, 2.45) is 0 Å². The van der Waals surface area contributed by atoms with Crippen molar-refractivity contribution in [1.29, 1.82) is 0 Å². The summed E-state index contributed by atoms with van der Waals surface area (Å²) in [5.74, 6) is -1.40. The largest absolute Gasteiger partial charge is 0.481 e. The van der Waals surface area contributed by atoms with E-state index in [0.29, 0.717) is 25.7 Å². The maximum atomic E-state index is 12.9. The summed E-state index contributed by atoms with van der Waals surface area (Å²) in [6, 6.07) is 1.24. The van der Waals surface area contributed by atoms with Gasteiger partial charge in [-0.05, 0) is 96.0 Å². The predicted molar refractivity (Wildman–Crippen MR) is 281 cm³/mol. The maximum Gasteiger partial charge on any atom is 0.481 e. The molecule has 1 fully saturated rings. The summed E-state index contributed by atoms with van der Waals surface area (Å²) in [5, 5.41) is 30.5. The van der Waals surface area contributed by atoms with E-state index in [0.717, 1.165) is 101 Å². The summed E-state index contributed by atoms with van der Waals surface area (Å²) >= 11 is 0. The van der Waals surface area contributed by atoms with Gasteiger partial charge in [-0.15, -0.1) is 0 Å². The van der Waals surface area contributed by atoms with Crippen LogP contribution in [0.25, 0.3) is 0 Å². The summed E-state index contributed by atoms with van der Waals surface area (Å²) in [5.41, 5.74) is 4.58. The van der Waals surface area contributed by atoms with Crippen molar-refractivity contribution in [3.8, 4) is 0 Å². The van der Waals surface area contributed by atoms with Gasteiger partial charge >= 0.3 is 33.3 Å². The first-order valence-corrected chi connectivity index (χ1v) is 29.0. The van der Waals surface area contributed by atoms with Crippen molar-refractivity contribution in [3.05, 3.63) is 95.7 Å². The molecule has 0 aliphatic carbocycles. The van der Waals surface area contributed by atoms with Crippen LogP contribution >= 0.6 is 15.6 Å². The first kappa shape index (κ1) is 65.3. The standard InChI is InChI=1S/C52H85N3O16P2/c1-3-5-6-7-8-9-10-11-12-13-14-18-21-24-27-30-33-36-47(57)66-40-44(69-48(58)37-34-31-28-25-22-19-16-15-17-20-23-26-29-32-35-43(56)4-2)41-67-72(62,63)71-73(64,65)68-42-45-49(59)50(60)51(70-45)55-39-38-46(53)54-52(55)61/h8-9,11-12,16-17,19-20,25-26,28-29,38-39,43-45,49-51,56,59-60H,3-7,10,13-15,18,21-24,27,30-37,40-42H2,1-2H3,(H,62,63)(H,64,65)(H2,53,54,61)/b9-8-,12-11-,19-16-,20-17-,28-25-,29-26-/t43-,44-,45-,49-,50-,51-/m1/s1. The van der Waals surface area contributed by atoms with Crippen LogP contribution in [-0.2, 0) is 46.3 Å². The fourth-order valence-corrected chi connectivity index (χ4v) is 9.31. The third-order valence-electron chi connectivity index (χ3n) is 11.4. The smallest absolute Gasteiger partial charge is 0.462 e. The Kier molecular flexibility index (Phi) is 35.4. The van der Waals surface area contributed by atoms with Crippen molar-refractivity contribution in [3.63, 3.8) is 0 Å². The molecule has 0 spiro atoms. The normalized spacial score (nSPS) is 20.0. The van der Waals surface area contributed by atoms with Crippen molar-refractivity contribution < 1.29 is 71.4 Å². The summed E-state index contributed by atoms with van der Waals surface area (Å²) in [7, 11) is -10.9. The number of phosphoric acid groups is 2. The molecule has 2 rings (SSSR count). The van der Waals surface area contributed by atoms with E-state index in [2.05, 4.69) is 70.9 Å². The number of aliphatic hydroxyl groups is 3. The third-order valence-corrected chi connectivity index (χ3v) is 14.0. The van der Waals surface area contributed by atoms with Crippen LogP contribution in [0.4, 0.5) is 5.82 Å². The molecular formula is C52H85N3O16P2. The van der Waals surface area contributed by atoms with Gasteiger partial charge in [0.25, 0.3) is 0 Å². The second kappa shape index (κ2) is 39.6. The van der Waals surface area contributed by atoms with Crippen molar-refractivity contribution in [2.75, 3.05) is 25.6 Å². The number of phosphoric ester groups is 2. The third kappa shape index (κ3) is 32.3. The van der Waals surface area contributed by atoms with Crippen molar-refractivity contribution in [1.82, 2.24) is 9.55 Å². The van der Waals surface area contributed by atoms with Crippen LogP contribution in [0.5, 0.6) is 0 Å². The highest BCUT2D eigenvalue weighted by Gasteiger charge is 2.46. The number of allylic oxidation sites excluding steroid dienone is 12. The molecule has 0 amide bonds. The lowest BCUT2D eigenvalue weighted by molar-refractivity contribution is -0.161. The first-order chi connectivity index (χ1) is 35.1. The maximum absolute atomic E-state index is 12.9. The molecule has 1 aliphatic rings. The Morgan fingerprint density at radius 1 is 0.712 bits per heavy atom. The Labute approximate surface area is 432 Å². The molecule has 8 atom stereocenters. The highest BCUT2D eigenvalue weighted by Crippen LogP contribution is 2.60. The van der Waals surface area contributed by atoms with Gasteiger partial charge < -0.3 is 45.1 Å². The molecule has 0 bridgehead atoms. The lowest BCUT2D eigenvalue weighted by atomic mass is 10.1. The van der Waals surface area contributed by atoms with E-state index in [-0.39, 0.29) is 24.8 Å². The van der Waals surface area contributed by atoms with Crippen LogP contribution in [0.15, 0.2) is 90.0 Å². The van der Waals surface area contributed by atoms with Crippen LogP contribution in [0.3, 0.4) is 0 Å². The number of nitrogens with two attached hydrogens (primary N) is 1. The zero-order valence-corrected chi connectivity index (χ0v) is 44.8. The van der Waals surface area contributed by atoms with E-state index < -0.39 is 83.7 Å². The van der Waals surface area contributed by atoms with E-state index in [1.165, 1.54) is 25.3 Å². The number of nitrogen functional groups attached to an aromatic ring is 1. The second-order valence-electron chi connectivity index (χ2n) is 17.8. The van der Waals surface area contributed by atoms with Crippen molar-refractivity contribution >= 4 is 33.4 Å². The molecule has 414 valence electrons. The zero-order valence-electron chi connectivity index (χ0n) is 43.0. The molecule has 19 nitrogen and oxygen atoms in total. The molecule has 1 aromatic rings. The highest BCUT2D eigenvalue weighted by molar-refractivity contribution is 7.61. The van der Waals surface area contributed by atoms with E-state index in [9.17, 15) is 48.6 Å². The molecule has 2 unspecified atom stereocenters. The Balaban J connectivity index is 1.83. The molecule has 1 saturated heterocycles. The Bertz CT molecular complexity index is 2020. The predicted octanol–water partition coefficient (Wildman–Crippen LogP) is 9.86. The number of nitrogens with zero attached hydrogens (tertiary/aromatic N) is 2. The number of aliphatic hydroxyl groups excluding tert-OH is 3. The number of anilines is 1. The van der Waals surface area contributed by atoms with Gasteiger partial charge in [-0.3, -0.25) is 23.2 Å². The van der Waals surface area contributed by atoms with Crippen LogP contribution in [0.2, 0.25) is 0 Å². The van der Waals surface area contributed by atoms with Crippen LogP contribution < -0.4 is 11.4 Å². The average Bonchev–Trinajstić information content (AvgIpc) is 3.63. The fraction of sp³-hybridized carbons (Fsp3) is 0.654. The number of carbonyl (C=O) groups is 2. The monoisotopic (exact) mass is 1070 g/mol. The molecular weight excluding hydrogens is 985 g/mol. The molecule has 2 heterocycles. The van der Waals surface area contributed by atoms with Gasteiger partial charge in [0, 0.05) is 19.0 Å². The lowest BCUT2D eigenvalue weighted by Crippen LogP contribution is -2.36. The molecule has 1 aromatic heterocycles. The number of hydrogen-bond acceptors (Lipinski definition) is 16. The van der Waals surface area contributed by atoms with Gasteiger partial charge in [0.1, 0.15) is 30.7 Å². The number of rotatable bonds is 42. The minimum atomic E-state index is -5.45. The molecule has 7 N–H and O–H groups in total. The minimum absolute atomic E-state index is 0.0440. The number of aromatic nitrogens is 2. The lowest BCUT2D eigenvalue weighted by Gasteiger charge is -2.21. The van der Waals surface area contributed by atoms with Crippen LogP contribution in [0, 0.1) is 0 Å². The molecule has 0 saturated carbocycles. The minimum Gasteiger partial charge on any atom is -0.462 e. The van der Waals surface area contributed by atoms with Gasteiger partial charge in [0.15, 0.2) is 12.3 Å². The average molecular weight is 1070 g/mol. The Morgan fingerprint density at radius 3 is 1.82 bits per heavy atom. The summed E-state index contributed by atoms with van der Waals surface area (Å²) in [6.07, 6.45) is 37.8. The van der Waals surface area contributed by atoms with Gasteiger partial charge in [-0.2, -0.15) is 9.29 Å². The van der Waals surface area contributed by atoms with Gasteiger partial charge in [0.2, 0.25) is 0 Å². The van der Waals surface area contributed by atoms with E-state index in [1.807, 2.05) is 25.2 Å². The molecule has 0 aromatic carbocycles. The zero-order chi connectivity index (χ0) is 53.6. The van der Waals surface area contributed by atoms with Crippen LogP contribution in [-0.4, -0.2) is 96.9 Å². The fourth-order valence-electron chi connectivity index (χ4n) is 7.20.